The average molecular weight is 192 g/mol. The lowest BCUT2D eigenvalue weighted by atomic mass is 10.1. The number of ether oxygens (including phenoxy) is 1. The first-order chi connectivity index (χ1) is 6.70. The minimum Gasteiger partial charge on any atom is -0.485 e. The number of nitrogens with one attached hydrogen (secondary N) is 1. The van der Waals surface area contributed by atoms with Crippen LogP contribution in [0.2, 0.25) is 0 Å². The molecule has 0 aliphatic carbocycles. The van der Waals surface area contributed by atoms with Crippen molar-refractivity contribution in [1.29, 1.82) is 0 Å². The van der Waals surface area contributed by atoms with Crippen LogP contribution in [-0.4, -0.2) is 12.6 Å². The third-order valence-electron chi connectivity index (χ3n) is 2.48. The average Bonchev–Trinajstić information content (AvgIpc) is 2.19. The summed E-state index contributed by atoms with van der Waals surface area (Å²) >= 11 is 0. The van der Waals surface area contributed by atoms with E-state index in [1.54, 1.807) is 0 Å². The molecule has 1 aromatic carbocycles. The van der Waals surface area contributed by atoms with Crippen LogP contribution in [0.3, 0.4) is 0 Å². The summed E-state index contributed by atoms with van der Waals surface area (Å²) in [6.07, 6.45) is 1.19. The number of anilines is 2. The first kappa shape index (κ1) is 9.19. The predicted molar refractivity (Wildman–Crippen MR) is 58.8 cm³/mol. The van der Waals surface area contributed by atoms with Crippen molar-refractivity contribution in [1.82, 2.24) is 0 Å². The quantitative estimate of drug-likeness (QED) is 0.669. The van der Waals surface area contributed by atoms with Crippen molar-refractivity contribution >= 4 is 11.4 Å². The number of hydrogen-bond donors (Lipinski definition) is 2. The Kier molecular flexibility index (Phi) is 2.23. The zero-order valence-corrected chi connectivity index (χ0v) is 8.63. The van der Waals surface area contributed by atoms with E-state index in [1.807, 2.05) is 13.0 Å². The molecule has 0 radical (unpaired) electrons. The van der Waals surface area contributed by atoms with Crippen LogP contribution in [0.25, 0.3) is 0 Å². The Morgan fingerprint density at radius 1 is 1.57 bits per heavy atom. The van der Waals surface area contributed by atoms with Crippen molar-refractivity contribution in [3.63, 3.8) is 0 Å². The highest BCUT2D eigenvalue weighted by atomic mass is 16.5. The van der Waals surface area contributed by atoms with Crippen LogP contribution in [0, 0.1) is 0 Å². The molecule has 1 aliphatic heterocycles. The zero-order chi connectivity index (χ0) is 10.1. The Balaban J connectivity index is 2.43. The molecular weight excluding hydrogens is 176 g/mol. The van der Waals surface area contributed by atoms with Gasteiger partial charge in [0.1, 0.15) is 6.10 Å². The van der Waals surface area contributed by atoms with Gasteiger partial charge in [0, 0.05) is 0 Å². The molecule has 14 heavy (non-hydrogen) atoms. The van der Waals surface area contributed by atoms with Gasteiger partial charge >= 0.3 is 0 Å². The summed E-state index contributed by atoms with van der Waals surface area (Å²) in [5.41, 5.74) is 8.92. The molecule has 1 heterocycles. The van der Waals surface area contributed by atoms with Crippen LogP contribution < -0.4 is 15.8 Å². The molecule has 1 aliphatic rings. The molecule has 2 rings (SSSR count). The maximum absolute atomic E-state index is 5.91. The smallest absolute Gasteiger partial charge is 0.165 e. The van der Waals surface area contributed by atoms with Gasteiger partial charge in [0.15, 0.2) is 5.75 Å². The predicted octanol–water partition coefficient (Wildman–Crippen LogP) is 2.02. The van der Waals surface area contributed by atoms with Gasteiger partial charge in [-0.05, 0) is 31.0 Å². The summed E-state index contributed by atoms with van der Waals surface area (Å²) in [5.74, 6) is 0.806. The molecule has 3 nitrogen and oxygen atoms in total. The van der Waals surface area contributed by atoms with E-state index in [9.17, 15) is 0 Å². The van der Waals surface area contributed by atoms with E-state index < -0.39 is 0 Å². The monoisotopic (exact) mass is 192 g/mol. The Morgan fingerprint density at radius 3 is 3.07 bits per heavy atom. The third-order valence-corrected chi connectivity index (χ3v) is 2.48. The number of benzene rings is 1. The molecule has 0 bridgehead atoms. The Hall–Kier alpha value is -1.38. The SMILES string of the molecule is CCc1cc(N)c2c(c1)NCC(C)O2. The lowest BCUT2D eigenvalue weighted by Crippen LogP contribution is -2.28. The van der Waals surface area contributed by atoms with Gasteiger partial charge in [0.05, 0.1) is 17.9 Å². The number of nitrogen functional groups attached to an aromatic ring is 1. The standard InChI is InChI=1S/C11H16N2O/c1-3-8-4-9(12)11-10(5-8)13-6-7(2)14-11/h4-5,7,13H,3,6,12H2,1-2H3. The van der Waals surface area contributed by atoms with Crippen LogP contribution in [0.1, 0.15) is 19.4 Å². The van der Waals surface area contributed by atoms with Crippen LogP contribution in [-0.2, 0) is 6.42 Å². The maximum atomic E-state index is 5.91. The molecule has 0 amide bonds. The fraction of sp³-hybridized carbons (Fsp3) is 0.455. The molecule has 1 unspecified atom stereocenters. The highest BCUT2D eigenvalue weighted by molar-refractivity contribution is 5.71. The lowest BCUT2D eigenvalue weighted by Gasteiger charge is -2.26. The summed E-state index contributed by atoms with van der Waals surface area (Å²) in [6, 6.07) is 4.09. The molecule has 0 fully saturated rings. The van der Waals surface area contributed by atoms with E-state index >= 15 is 0 Å². The summed E-state index contributed by atoms with van der Waals surface area (Å²) in [5, 5.41) is 3.32. The van der Waals surface area contributed by atoms with E-state index in [-0.39, 0.29) is 6.10 Å². The van der Waals surface area contributed by atoms with Gasteiger partial charge in [-0.1, -0.05) is 6.92 Å². The van der Waals surface area contributed by atoms with Gasteiger partial charge in [-0.25, -0.2) is 0 Å². The molecule has 0 saturated heterocycles. The molecule has 0 saturated carbocycles. The number of nitrogens with two attached hydrogens (primary N) is 1. The Bertz CT molecular complexity index is 349. The Morgan fingerprint density at radius 2 is 2.36 bits per heavy atom. The first-order valence-electron chi connectivity index (χ1n) is 5.03. The number of hydrogen-bond acceptors (Lipinski definition) is 3. The van der Waals surface area contributed by atoms with Crippen LogP contribution in [0.5, 0.6) is 5.75 Å². The number of rotatable bonds is 1. The molecule has 3 N–H and O–H groups in total. The topological polar surface area (TPSA) is 47.3 Å². The van der Waals surface area contributed by atoms with Crippen LogP contribution in [0.15, 0.2) is 12.1 Å². The van der Waals surface area contributed by atoms with Crippen molar-refractivity contribution < 1.29 is 4.74 Å². The van der Waals surface area contributed by atoms with Crippen molar-refractivity contribution in [2.24, 2.45) is 0 Å². The van der Waals surface area contributed by atoms with Crippen molar-refractivity contribution in [2.75, 3.05) is 17.6 Å². The highest BCUT2D eigenvalue weighted by Crippen LogP contribution is 2.36. The molecular formula is C11H16N2O. The first-order valence-corrected chi connectivity index (χ1v) is 5.03. The van der Waals surface area contributed by atoms with Crippen molar-refractivity contribution in [3.05, 3.63) is 17.7 Å². The molecule has 1 aromatic rings. The molecule has 76 valence electrons. The molecule has 0 spiro atoms. The molecule has 1 atom stereocenters. The highest BCUT2D eigenvalue weighted by Gasteiger charge is 2.18. The summed E-state index contributed by atoms with van der Waals surface area (Å²) in [7, 11) is 0. The summed E-state index contributed by atoms with van der Waals surface area (Å²) in [4.78, 5) is 0. The van der Waals surface area contributed by atoms with E-state index in [2.05, 4.69) is 18.3 Å². The van der Waals surface area contributed by atoms with E-state index in [0.29, 0.717) is 0 Å². The van der Waals surface area contributed by atoms with Gasteiger partial charge < -0.3 is 15.8 Å². The maximum Gasteiger partial charge on any atom is 0.165 e. The van der Waals surface area contributed by atoms with Crippen molar-refractivity contribution in [2.45, 2.75) is 26.4 Å². The third kappa shape index (κ3) is 1.50. The minimum atomic E-state index is 0.192. The van der Waals surface area contributed by atoms with Gasteiger partial charge in [-0.3, -0.25) is 0 Å². The van der Waals surface area contributed by atoms with Gasteiger partial charge in [-0.15, -0.1) is 0 Å². The van der Waals surface area contributed by atoms with E-state index in [4.69, 9.17) is 10.5 Å². The Labute approximate surface area is 84.3 Å². The minimum absolute atomic E-state index is 0.192. The fourth-order valence-corrected chi connectivity index (χ4v) is 1.68. The lowest BCUT2D eigenvalue weighted by molar-refractivity contribution is 0.227. The second-order valence-corrected chi connectivity index (χ2v) is 3.72. The zero-order valence-electron chi connectivity index (χ0n) is 8.63. The number of fused-ring (bicyclic) bond motifs is 1. The molecule has 3 heteroatoms. The van der Waals surface area contributed by atoms with Gasteiger partial charge in [-0.2, -0.15) is 0 Å². The number of aryl methyl sites for hydroxylation is 1. The van der Waals surface area contributed by atoms with Crippen LogP contribution >= 0.6 is 0 Å². The van der Waals surface area contributed by atoms with E-state index in [1.165, 1.54) is 5.56 Å². The largest absolute Gasteiger partial charge is 0.485 e. The summed E-state index contributed by atoms with van der Waals surface area (Å²) in [6.45, 7) is 5.00. The second kappa shape index (κ2) is 3.40. The van der Waals surface area contributed by atoms with Gasteiger partial charge in [0.2, 0.25) is 0 Å². The van der Waals surface area contributed by atoms with Crippen molar-refractivity contribution in [3.8, 4) is 5.75 Å². The van der Waals surface area contributed by atoms with Gasteiger partial charge in [0.25, 0.3) is 0 Å². The fourth-order valence-electron chi connectivity index (χ4n) is 1.68. The summed E-state index contributed by atoms with van der Waals surface area (Å²) < 4.78 is 5.67. The van der Waals surface area contributed by atoms with E-state index in [0.717, 1.165) is 30.1 Å². The van der Waals surface area contributed by atoms with Crippen LogP contribution in [0.4, 0.5) is 11.4 Å². The normalized spacial score (nSPS) is 19.4. The molecule has 0 aromatic heterocycles. The second-order valence-electron chi connectivity index (χ2n) is 3.72.